The van der Waals surface area contributed by atoms with E-state index < -0.39 is 0 Å². The maximum absolute atomic E-state index is 12.2. The summed E-state index contributed by atoms with van der Waals surface area (Å²) >= 11 is 0. The van der Waals surface area contributed by atoms with Gasteiger partial charge >= 0.3 is 5.63 Å². The zero-order valence-electron chi connectivity index (χ0n) is 11.5. The Hall–Kier alpha value is -1.65. The van der Waals surface area contributed by atoms with Gasteiger partial charge in [-0.25, -0.2) is 4.79 Å². The standard InChI is InChI=1S/C16H19N2O2/c19-16-14(11-13-3-1-2-4-15(13)20-16)12-18-8-5-17(6-9-18)7-10-18/h1-4,11H,5-10,12H2/q+1. The van der Waals surface area contributed by atoms with Crippen LogP contribution in [-0.4, -0.2) is 48.7 Å². The summed E-state index contributed by atoms with van der Waals surface area (Å²) in [7, 11) is 0. The summed E-state index contributed by atoms with van der Waals surface area (Å²) in [6, 6.07) is 9.77. The van der Waals surface area contributed by atoms with Crippen LogP contribution in [0, 0.1) is 0 Å². The van der Waals surface area contributed by atoms with Gasteiger partial charge in [-0.05, 0) is 12.1 Å². The monoisotopic (exact) mass is 271 g/mol. The second kappa shape index (κ2) is 4.43. The van der Waals surface area contributed by atoms with Crippen LogP contribution in [0.3, 0.4) is 0 Å². The number of hydrogen-bond acceptors (Lipinski definition) is 3. The molecule has 104 valence electrons. The summed E-state index contributed by atoms with van der Waals surface area (Å²) in [6.07, 6.45) is 0. The first kappa shape index (κ1) is 12.1. The topological polar surface area (TPSA) is 33.5 Å². The molecule has 0 aliphatic carbocycles. The molecule has 0 spiro atoms. The Morgan fingerprint density at radius 1 is 1.10 bits per heavy atom. The van der Waals surface area contributed by atoms with E-state index >= 15 is 0 Å². The molecule has 1 aromatic heterocycles. The Kier molecular flexibility index (Phi) is 2.69. The molecular formula is C16H19N2O2+. The molecule has 0 saturated carbocycles. The molecule has 3 saturated heterocycles. The average molecular weight is 271 g/mol. The van der Waals surface area contributed by atoms with Crippen molar-refractivity contribution in [1.82, 2.24) is 4.90 Å². The van der Waals surface area contributed by atoms with Crippen LogP contribution in [0.2, 0.25) is 0 Å². The summed E-state index contributed by atoms with van der Waals surface area (Å²) in [5.41, 5.74) is 1.35. The van der Waals surface area contributed by atoms with Crippen LogP contribution in [0.1, 0.15) is 5.56 Å². The SMILES string of the molecule is O=c1oc2ccccc2cc1C[N+]12CCN(CC1)CC2. The number of quaternary nitrogens is 1. The van der Waals surface area contributed by atoms with Gasteiger partial charge in [0.05, 0.1) is 25.2 Å². The molecule has 3 aliphatic rings. The van der Waals surface area contributed by atoms with Crippen molar-refractivity contribution in [2.75, 3.05) is 39.3 Å². The lowest BCUT2D eigenvalue weighted by Crippen LogP contribution is -2.66. The van der Waals surface area contributed by atoms with Crippen molar-refractivity contribution in [3.05, 3.63) is 46.3 Å². The highest BCUT2D eigenvalue weighted by Crippen LogP contribution is 2.23. The molecule has 0 N–H and O–H groups in total. The van der Waals surface area contributed by atoms with Crippen LogP contribution in [0.15, 0.2) is 39.5 Å². The molecule has 0 radical (unpaired) electrons. The van der Waals surface area contributed by atoms with E-state index in [1.807, 2.05) is 30.3 Å². The fourth-order valence-corrected chi connectivity index (χ4v) is 3.54. The van der Waals surface area contributed by atoms with Crippen molar-refractivity contribution < 1.29 is 8.90 Å². The molecule has 20 heavy (non-hydrogen) atoms. The number of nitrogens with zero attached hydrogens (tertiary/aromatic N) is 2. The lowest BCUT2D eigenvalue weighted by Gasteiger charge is -2.50. The number of benzene rings is 1. The predicted molar refractivity (Wildman–Crippen MR) is 77.5 cm³/mol. The molecule has 4 heteroatoms. The van der Waals surface area contributed by atoms with E-state index in [4.69, 9.17) is 4.42 Å². The normalized spacial score (nSPS) is 28.9. The van der Waals surface area contributed by atoms with Gasteiger partial charge in [-0.1, -0.05) is 18.2 Å². The lowest BCUT2D eigenvalue weighted by molar-refractivity contribution is -0.953. The maximum Gasteiger partial charge on any atom is 0.345 e. The summed E-state index contributed by atoms with van der Waals surface area (Å²) in [6.45, 7) is 7.79. The second-order valence-electron chi connectivity index (χ2n) is 6.11. The number of fused-ring (bicyclic) bond motifs is 4. The van der Waals surface area contributed by atoms with Crippen LogP contribution in [0.4, 0.5) is 0 Å². The average Bonchev–Trinajstić information content (AvgIpc) is 2.50. The van der Waals surface area contributed by atoms with Gasteiger partial charge in [0, 0.05) is 25.0 Å². The Bertz CT molecular complexity index is 685. The van der Waals surface area contributed by atoms with Crippen molar-refractivity contribution in [3.8, 4) is 0 Å². The van der Waals surface area contributed by atoms with E-state index in [1.165, 1.54) is 19.6 Å². The van der Waals surface area contributed by atoms with Crippen molar-refractivity contribution in [1.29, 1.82) is 0 Å². The maximum atomic E-state index is 12.2. The summed E-state index contributed by atoms with van der Waals surface area (Å²) in [4.78, 5) is 14.7. The second-order valence-corrected chi connectivity index (χ2v) is 6.11. The Morgan fingerprint density at radius 2 is 1.80 bits per heavy atom. The molecule has 0 amide bonds. The number of para-hydroxylation sites is 1. The van der Waals surface area contributed by atoms with Gasteiger partial charge in [0.1, 0.15) is 12.1 Å². The van der Waals surface area contributed by atoms with E-state index in [2.05, 4.69) is 4.90 Å². The summed E-state index contributed by atoms with van der Waals surface area (Å²) in [5.74, 6) is 0. The molecule has 3 aliphatic heterocycles. The summed E-state index contributed by atoms with van der Waals surface area (Å²) < 4.78 is 6.52. The largest absolute Gasteiger partial charge is 0.422 e. The molecule has 5 rings (SSSR count). The molecular weight excluding hydrogens is 252 g/mol. The van der Waals surface area contributed by atoms with Crippen molar-refractivity contribution in [3.63, 3.8) is 0 Å². The van der Waals surface area contributed by atoms with Gasteiger partial charge < -0.3 is 8.90 Å². The van der Waals surface area contributed by atoms with Crippen LogP contribution in [0.5, 0.6) is 0 Å². The van der Waals surface area contributed by atoms with Gasteiger partial charge in [0.15, 0.2) is 0 Å². The van der Waals surface area contributed by atoms with Gasteiger partial charge in [-0.3, -0.25) is 4.90 Å². The van der Waals surface area contributed by atoms with Crippen molar-refractivity contribution >= 4 is 11.0 Å². The molecule has 0 atom stereocenters. The van der Waals surface area contributed by atoms with Gasteiger partial charge in [-0.15, -0.1) is 0 Å². The van der Waals surface area contributed by atoms with E-state index in [1.54, 1.807) is 0 Å². The lowest BCUT2D eigenvalue weighted by atomic mass is 10.1. The molecule has 4 nitrogen and oxygen atoms in total. The number of hydrogen-bond donors (Lipinski definition) is 0. The Morgan fingerprint density at radius 3 is 2.55 bits per heavy atom. The minimum Gasteiger partial charge on any atom is -0.422 e. The third-order valence-electron chi connectivity index (χ3n) is 4.89. The zero-order valence-corrected chi connectivity index (χ0v) is 11.5. The quantitative estimate of drug-likeness (QED) is 0.612. The van der Waals surface area contributed by atoms with Crippen LogP contribution >= 0.6 is 0 Å². The van der Waals surface area contributed by atoms with Crippen molar-refractivity contribution in [2.24, 2.45) is 0 Å². The molecule has 2 bridgehead atoms. The van der Waals surface area contributed by atoms with Crippen LogP contribution < -0.4 is 5.63 Å². The number of piperazine rings is 3. The van der Waals surface area contributed by atoms with E-state index in [-0.39, 0.29) is 5.63 Å². The van der Waals surface area contributed by atoms with Gasteiger partial charge in [0.25, 0.3) is 0 Å². The van der Waals surface area contributed by atoms with Gasteiger partial charge in [0.2, 0.25) is 0 Å². The molecule has 3 fully saturated rings. The van der Waals surface area contributed by atoms with Crippen LogP contribution in [0.25, 0.3) is 11.0 Å². The third kappa shape index (κ3) is 1.96. The van der Waals surface area contributed by atoms with Gasteiger partial charge in [-0.2, -0.15) is 0 Å². The minimum absolute atomic E-state index is 0.163. The molecule has 0 unspecified atom stereocenters. The highest BCUT2D eigenvalue weighted by atomic mass is 16.4. The highest BCUT2D eigenvalue weighted by molar-refractivity contribution is 5.76. The molecule has 2 aromatic rings. The first-order valence-electron chi connectivity index (χ1n) is 7.33. The molecule has 1 aromatic carbocycles. The van der Waals surface area contributed by atoms with E-state index in [0.29, 0.717) is 5.58 Å². The Labute approximate surface area is 117 Å². The smallest absolute Gasteiger partial charge is 0.345 e. The van der Waals surface area contributed by atoms with Crippen LogP contribution in [-0.2, 0) is 6.54 Å². The fraction of sp³-hybridized carbons (Fsp3) is 0.438. The van der Waals surface area contributed by atoms with E-state index in [0.717, 1.165) is 41.6 Å². The minimum atomic E-state index is -0.163. The highest BCUT2D eigenvalue weighted by Gasteiger charge is 2.38. The number of rotatable bonds is 2. The fourth-order valence-electron chi connectivity index (χ4n) is 3.54. The Balaban J connectivity index is 1.71. The zero-order chi connectivity index (χ0) is 13.6. The van der Waals surface area contributed by atoms with Crippen molar-refractivity contribution in [2.45, 2.75) is 6.54 Å². The van der Waals surface area contributed by atoms with E-state index in [9.17, 15) is 4.79 Å². The predicted octanol–water partition coefficient (Wildman–Crippen LogP) is 1.44. The molecule has 4 heterocycles. The summed E-state index contributed by atoms with van der Waals surface area (Å²) in [5, 5.41) is 1.02. The first-order valence-corrected chi connectivity index (χ1v) is 7.33. The first-order chi connectivity index (χ1) is 9.74. The third-order valence-corrected chi connectivity index (χ3v) is 4.89.